The Labute approximate surface area is 109 Å². The Balaban J connectivity index is 2.81. The molecular formula is C14H22N2O2. The highest BCUT2D eigenvalue weighted by molar-refractivity contribution is 5.96. The van der Waals surface area contributed by atoms with Gasteiger partial charge in [0.25, 0.3) is 0 Å². The number of hydrogen-bond donors (Lipinski definition) is 2. The van der Waals surface area contributed by atoms with Gasteiger partial charge in [0.05, 0.1) is 18.8 Å². The van der Waals surface area contributed by atoms with E-state index in [1.807, 2.05) is 39.0 Å². The Morgan fingerprint density at radius 1 is 1.50 bits per heavy atom. The maximum absolute atomic E-state index is 12.0. The van der Waals surface area contributed by atoms with Crippen LogP contribution in [0, 0.1) is 12.8 Å². The van der Waals surface area contributed by atoms with Gasteiger partial charge in [0, 0.05) is 0 Å². The summed E-state index contributed by atoms with van der Waals surface area (Å²) in [5.41, 5.74) is 7.63. The quantitative estimate of drug-likeness (QED) is 0.843. The standard InChI is InChI=1S/C14H22N2O2/c1-5-10(3)13(15)14(17)16-11-7-6-9(2)8-12(11)18-4/h6-8,10,13H,5,15H2,1-4H3,(H,16,17)/t10?,13-/m0/s1. The van der Waals surface area contributed by atoms with Crippen molar-refractivity contribution in [1.82, 2.24) is 0 Å². The van der Waals surface area contributed by atoms with E-state index in [-0.39, 0.29) is 11.8 Å². The van der Waals surface area contributed by atoms with Crippen LogP contribution in [-0.2, 0) is 4.79 Å². The molecule has 1 unspecified atom stereocenters. The second kappa shape index (κ2) is 6.40. The van der Waals surface area contributed by atoms with E-state index >= 15 is 0 Å². The fourth-order valence-corrected chi connectivity index (χ4v) is 1.63. The van der Waals surface area contributed by atoms with Gasteiger partial charge in [-0.15, -0.1) is 0 Å². The zero-order valence-electron chi connectivity index (χ0n) is 11.5. The van der Waals surface area contributed by atoms with Gasteiger partial charge in [-0.25, -0.2) is 0 Å². The van der Waals surface area contributed by atoms with Crippen molar-refractivity contribution in [1.29, 1.82) is 0 Å². The molecule has 1 rings (SSSR count). The molecule has 0 aliphatic heterocycles. The minimum absolute atomic E-state index is 0.154. The SMILES string of the molecule is CCC(C)[C@H](N)C(=O)Nc1ccc(C)cc1OC. The van der Waals surface area contributed by atoms with Crippen molar-refractivity contribution >= 4 is 11.6 Å². The zero-order valence-corrected chi connectivity index (χ0v) is 11.5. The number of anilines is 1. The lowest BCUT2D eigenvalue weighted by molar-refractivity contribution is -0.118. The number of rotatable bonds is 5. The number of nitrogens with one attached hydrogen (secondary N) is 1. The molecule has 4 nitrogen and oxygen atoms in total. The van der Waals surface area contributed by atoms with Crippen LogP contribution in [-0.4, -0.2) is 19.1 Å². The molecule has 0 aliphatic rings. The lowest BCUT2D eigenvalue weighted by atomic mass is 9.99. The summed E-state index contributed by atoms with van der Waals surface area (Å²) >= 11 is 0. The zero-order chi connectivity index (χ0) is 13.7. The third-order valence-corrected chi connectivity index (χ3v) is 3.17. The minimum atomic E-state index is -0.499. The van der Waals surface area contributed by atoms with E-state index in [4.69, 9.17) is 10.5 Å². The summed E-state index contributed by atoms with van der Waals surface area (Å²) < 4.78 is 5.24. The van der Waals surface area contributed by atoms with E-state index in [0.717, 1.165) is 12.0 Å². The molecule has 0 saturated heterocycles. The highest BCUT2D eigenvalue weighted by Crippen LogP contribution is 2.25. The summed E-state index contributed by atoms with van der Waals surface area (Å²) in [7, 11) is 1.58. The Morgan fingerprint density at radius 2 is 2.17 bits per heavy atom. The van der Waals surface area contributed by atoms with Crippen LogP contribution in [0.5, 0.6) is 5.75 Å². The molecule has 3 N–H and O–H groups in total. The molecule has 1 aromatic rings. The summed E-state index contributed by atoms with van der Waals surface area (Å²) in [6, 6.07) is 5.13. The van der Waals surface area contributed by atoms with Crippen molar-refractivity contribution in [2.24, 2.45) is 11.7 Å². The first kappa shape index (κ1) is 14.5. The third kappa shape index (κ3) is 3.47. The van der Waals surface area contributed by atoms with E-state index < -0.39 is 6.04 Å². The number of benzene rings is 1. The van der Waals surface area contributed by atoms with Gasteiger partial charge in [-0.3, -0.25) is 4.79 Å². The molecule has 0 aliphatic carbocycles. The van der Waals surface area contributed by atoms with E-state index in [2.05, 4.69) is 5.32 Å². The van der Waals surface area contributed by atoms with Gasteiger partial charge >= 0.3 is 0 Å². The molecule has 100 valence electrons. The normalized spacial score (nSPS) is 13.8. The third-order valence-electron chi connectivity index (χ3n) is 3.17. The number of nitrogens with two attached hydrogens (primary N) is 1. The van der Waals surface area contributed by atoms with Crippen molar-refractivity contribution in [2.75, 3.05) is 12.4 Å². The lowest BCUT2D eigenvalue weighted by Gasteiger charge is -2.18. The van der Waals surface area contributed by atoms with Crippen molar-refractivity contribution in [3.63, 3.8) is 0 Å². The molecule has 0 radical (unpaired) electrons. The van der Waals surface area contributed by atoms with Crippen molar-refractivity contribution < 1.29 is 9.53 Å². The van der Waals surface area contributed by atoms with Crippen LogP contribution in [0.15, 0.2) is 18.2 Å². The van der Waals surface area contributed by atoms with E-state index in [1.165, 1.54) is 0 Å². The number of aryl methyl sites for hydroxylation is 1. The highest BCUT2D eigenvalue weighted by Gasteiger charge is 2.20. The predicted molar refractivity (Wildman–Crippen MR) is 73.8 cm³/mol. The number of hydrogen-bond acceptors (Lipinski definition) is 3. The summed E-state index contributed by atoms with van der Waals surface area (Å²) in [5.74, 6) is 0.632. The number of amides is 1. The second-order valence-corrected chi connectivity index (χ2v) is 4.60. The molecular weight excluding hydrogens is 228 g/mol. The first-order valence-corrected chi connectivity index (χ1v) is 6.20. The average Bonchev–Trinajstić information content (AvgIpc) is 2.38. The Morgan fingerprint density at radius 3 is 2.72 bits per heavy atom. The highest BCUT2D eigenvalue weighted by atomic mass is 16.5. The topological polar surface area (TPSA) is 64.4 Å². The van der Waals surface area contributed by atoms with Gasteiger partial charge in [-0.2, -0.15) is 0 Å². The van der Waals surface area contributed by atoms with Crippen LogP contribution >= 0.6 is 0 Å². The molecule has 4 heteroatoms. The number of carbonyl (C=O) groups excluding carboxylic acids is 1. The van der Waals surface area contributed by atoms with Crippen molar-refractivity contribution in [2.45, 2.75) is 33.2 Å². The molecule has 0 aromatic heterocycles. The van der Waals surface area contributed by atoms with E-state index in [0.29, 0.717) is 11.4 Å². The van der Waals surface area contributed by atoms with E-state index in [9.17, 15) is 4.79 Å². The number of carbonyl (C=O) groups is 1. The van der Waals surface area contributed by atoms with Crippen LogP contribution in [0.1, 0.15) is 25.8 Å². The molecule has 0 heterocycles. The summed E-state index contributed by atoms with van der Waals surface area (Å²) in [6.07, 6.45) is 0.875. The molecule has 1 aromatic carbocycles. The average molecular weight is 250 g/mol. The molecule has 0 bridgehead atoms. The van der Waals surface area contributed by atoms with Crippen molar-refractivity contribution in [3.05, 3.63) is 23.8 Å². The van der Waals surface area contributed by atoms with Crippen LogP contribution < -0.4 is 15.8 Å². The van der Waals surface area contributed by atoms with Gasteiger partial charge in [-0.05, 0) is 30.5 Å². The van der Waals surface area contributed by atoms with Crippen molar-refractivity contribution in [3.8, 4) is 5.75 Å². The van der Waals surface area contributed by atoms with Crippen LogP contribution in [0.25, 0.3) is 0 Å². The van der Waals surface area contributed by atoms with Gasteiger partial charge in [0.2, 0.25) is 5.91 Å². The molecule has 0 saturated carbocycles. The summed E-state index contributed by atoms with van der Waals surface area (Å²) in [4.78, 5) is 12.0. The smallest absolute Gasteiger partial charge is 0.241 e. The van der Waals surface area contributed by atoms with Gasteiger partial charge in [0.1, 0.15) is 5.75 Å². The Hall–Kier alpha value is -1.55. The summed E-state index contributed by atoms with van der Waals surface area (Å²) in [6.45, 7) is 5.96. The maximum Gasteiger partial charge on any atom is 0.241 e. The number of methoxy groups -OCH3 is 1. The Bertz CT molecular complexity index is 418. The maximum atomic E-state index is 12.0. The minimum Gasteiger partial charge on any atom is -0.495 e. The fraction of sp³-hybridized carbons (Fsp3) is 0.500. The predicted octanol–water partition coefficient (Wildman–Crippen LogP) is 2.32. The first-order chi connectivity index (χ1) is 8.49. The Kier molecular flexibility index (Phi) is 5.16. The van der Waals surface area contributed by atoms with Gasteiger partial charge in [0.15, 0.2) is 0 Å². The molecule has 2 atom stereocenters. The van der Waals surface area contributed by atoms with E-state index in [1.54, 1.807) is 7.11 Å². The monoisotopic (exact) mass is 250 g/mol. The molecule has 0 spiro atoms. The van der Waals surface area contributed by atoms with Gasteiger partial charge < -0.3 is 15.8 Å². The lowest BCUT2D eigenvalue weighted by Crippen LogP contribution is -2.40. The largest absolute Gasteiger partial charge is 0.495 e. The molecule has 18 heavy (non-hydrogen) atoms. The summed E-state index contributed by atoms with van der Waals surface area (Å²) in [5, 5.41) is 2.81. The van der Waals surface area contributed by atoms with Crippen LogP contribution in [0.4, 0.5) is 5.69 Å². The number of ether oxygens (including phenoxy) is 1. The van der Waals surface area contributed by atoms with Crippen LogP contribution in [0.2, 0.25) is 0 Å². The second-order valence-electron chi connectivity index (χ2n) is 4.60. The van der Waals surface area contributed by atoms with Gasteiger partial charge in [-0.1, -0.05) is 26.3 Å². The fourth-order valence-electron chi connectivity index (χ4n) is 1.63. The van der Waals surface area contributed by atoms with Crippen LogP contribution in [0.3, 0.4) is 0 Å². The first-order valence-electron chi connectivity index (χ1n) is 6.20. The molecule has 0 fully saturated rings. The molecule has 1 amide bonds.